The number of rotatable bonds is 9. The van der Waals surface area contributed by atoms with Crippen LogP contribution < -0.4 is 10.2 Å². The first kappa shape index (κ1) is 17.9. The summed E-state index contributed by atoms with van der Waals surface area (Å²) in [5.74, 6) is 0.645. The molecule has 0 aliphatic rings. The highest BCUT2D eigenvalue weighted by molar-refractivity contribution is 5.52. The van der Waals surface area contributed by atoms with Gasteiger partial charge in [0.15, 0.2) is 0 Å². The van der Waals surface area contributed by atoms with E-state index in [-0.39, 0.29) is 0 Å². The van der Waals surface area contributed by atoms with Crippen LogP contribution in [0.2, 0.25) is 0 Å². The third kappa shape index (κ3) is 6.91. The van der Waals surface area contributed by atoms with Crippen molar-refractivity contribution in [1.82, 2.24) is 15.2 Å². The molecule has 0 radical (unpaired) electrons. The molecule has 120 valence electrons. The van der Waals surface area contributed by atoms with Gasteiger partial charge in [0.2, 0.25) is 0 Å². The van der Waals surface area contributed by atoms with Crippen molar-refractivity contribution in [1.29, 1.82) is 0 Å². The van der Waals surface area contributed by atoms with Gasteiger partial charge in [0.25, 0.3) is 0 Å². The molecular weight excluding hydrogens is 260 g/mol. The second-order valence-electron chi connectivity index (χ2n) is 6.68. The van der Waals surface area contributed by atoms with Crippen molar-refractivity contribution in [2.24, 2.45) is 5.92 Å². The second kappa shape index (κ2) is 9.00. The minimum atomic E-state index is 0.485. The van der Waals surface area contributed by atoms with Gasteiger partial charge >= 0.3 is 0 Å². The minimum Gasteiger partial charge on any atom is -0.370 e. The Labute approximate surface area is 130 Å². The highest BCUT2D eigenvalue weighted by Crippen LogP contribution is 2.20. The SMILES string of the molecule is CC(C)CN(CCN(C)C)c1ccncc1CNC(C)C. The van der Waals surface area contributed by atoms with E-state index in [4.69, 9.17) is 0 Å². The van der Waals surface area contributed by atoms with E-state index in [1.54, 1.807) is 0 Å². The molecule has 0 bridgehead atoms. The zero-order valence-electron chi connectivity index (χ0n) is 14.6. The standard InChI is InChI=1S/C17H32N4/c1-14(2)13-21(10-9-20(5)6)17-7-8-18-11-16(17)12-19-15(3)4/h7-8,11,14-15,19H,9-10,12-13H2,1-6H3. The van der Waals surface area contributed by atoms with Gasteiger partial charge in [0.05, 0.1) is 0 Å². The van der Waals surface area contributed by atoms with Gasteiger partial charge in [0.1, 0.15) is 0 Å². The zero-order valence-corrected chi connectivity index (χ0v) is 14.6. The first-order valence-corrected chi connectivity index (χ1v) is 7.96. The Hall–Kier alpha value is -1.13. The van der Waals surface area contributed by atoms with E-state index in [0.29, 0.717) is 12.0 Å². The molecule has 0 aliphatic carbocycles. The number of nitrogens with zero attached hydrogens (tertiary/aromatic N) is 3. The molecule has 4 nitrogen and oxygen atoms in total. The summed E-state index contributed by atoms with van der Waals surface area (Å²) in [6.45, 7) is 13.0. The summed E-state index contributed by atoms with van der Waals surface area (Å²) in [7, 11) is 4.25. The first-order valence-electron chi connectivity index (χ1n) is 7.96. The third-order valence-electron chi connectivity index (χ3n) is 3.32. The number of aromatic nitrogens is 1. The Morgan fingerprint density at radius 3 is 2.43 bits per heavy atom. The Morgan fingerprint density at radius 2 is 1.86 bits per heavy atom. The number of anilines is 1. The summed E-state index contributed by atoms with van der Waals surface area (Å²) in [6.07, 6.45) is 3.89. The molecule has 4 heteroatoms. The summed E-state index contributed by atoms with van der Waals surface area (Å²) in [6, 6.07) is 2.63. The Balaban J connectivity index is 2.88. The zero-order chi connectivity index (χ0) is 15.8. The van der Waals surface area contributed by atoms with Gasteiger partial charge in [-0.15, -0.1) is 0 Å². The van der Waals surface area contributed by atoms with Crippen molar-refractivity contribution >= 4 is 5.69 Å². The van der Waals surface area contributed by atoms with Gasteiger partial charge < -0.3 is 15.1 Å². The van der Waals surface area contributed by atoms with Crippen LogP contribution in [0.3, 0.4) is 0 Å². The molecule has 1 aromatic heterocycles. The van der Waals surface area contributed by atoms with Crippen LogP contribution in [-0.4, -0.2) is 49.7 Å². The van der Waals surface area contributed by atoms with Crippen LogP contribution in [0.15, 0.2) is 18.5 Å². The van der Waals surface area contributed by atoms with Gasteiger partial charge in [0, 0.05) is 55.9 Å². The summed E-state index contributed by atoms with van der Waals surface area (Å²) in [5.41, 5.74) is 2.60. The predicted molar refractivity (Wildman–Crippen MR) is 91.8 cm³/mol. The molecule has 1 heterocycles. The van der Waals surface area contributed by atoms with Crippen molar-refractivity contribution in [3.63, 3.8) is 0 Å². The molecule has 0 saturated heterocycles. The molecule has 0 atom stereocenters. The van der Waals surface area contributed by atoms with Crippen LogP contribution in [0.25, 0.3) is 0 Å². The molecule has 0 amide bonds. The monoisotopic (exact) mass is 292 g/mol. The topological polar surface area (TPSA) is 31.4 Å². The third-order valence-corrected chi connectivity index (χ3v) is 3.32. The van der Waals surface area contributed by atoms with Crippen LogP contribution >= 0.6 is 0 Å². The van der Waals surface area contributed by atoms with Crippen molar-refractivity contribution < 1.29 is 0 Å². The molecule has 0 aromatic carbocycles. The lowest BCUT2D eigenvalue weighted by atomic mass is 10.1. The fraction of sp³-hybridized carbons (Fsp3) is 0.706. The molecular formula is C17H32N4. The van der Waals surface area contributed by atoms with Crippen LogP contribution in [0.4, 0.5) is 5.69 Å². The van der Waals surface area contributed by atoms with E-state index in [1.165, 1.54) is 11.3 Å². The van der Waals surface area contributed by atoms with Crippen LogP contribution in [0.5, 0.6) is 0 Å². The molecule has 0 aliphatic heterocycles. The number of nitrogens with one attached hydrogen (secondary N) is 1. The molecule has 1 N–H and O–H groups in total. The van der Waals surface area contributed by atoms with Crippen molar-refractivity contribution in [3.8, 4) is 0 Å². The number of hydrogen-bond donors (Lipinski definition) is 1. The van der Waals surface area contributed by atoms with Gasteiger partial charge in [-0.3, -0.25) is 4.98 Å². The Morgan fingerprint density at radius 1 is 1.14 bits per heavy atom. The van der Waals surface area contributed by atoms with E-state index in [1.807, 2.05) is 12.4 Å². The maximum Gasteiger partial charge on any atom is 0.0443 e. The smallest absolute Gasteiger partial charge is 0.0443 e. The van der Waals surface area contributed by atoms with Gasteiger partial charge in [-0.25, -0.2) is 0 Å². The summed E-state index contributed by atoms with van der Waals surface area (Å²) in [4.78, 5) is 9.03. The maximum absolute atomic E-state index is 4.30. The number of hydrogen-bond acceptors (Lipinski definition) is 4. The largest absolute Gasteiger partial charge is 0.370 e. The van der Waals surface area contributed by atoms with Crippen LogP contribution in [0, 0.1) is 5.92 Å². The van der Waals surface area contributed by atoms with Crippen LogP contribution in [0.1, 0.15) is 33.3 Å². The van der Waals surface area contributed by atoms with E-state index in [0.717, 1.165) is 26.2 Å². The lowest BCUT2D eigenvalue weighted by Crippen LogP contribution is -2.35. The molecule has 21 heavy (non-hydrogen) atoms. The van der Waals surface area contributed by atoms with Gasteiger partial charge in [-0.05, 0) is 26.1 Å². The van der Waals surface area contributed by atoms with Crippen molar-refractivity contribution in [3.05, 3.63) is 24.0 Å². The summed E-state index contributed by atoms with van der Waals surface area (Å²) >= 11 is 0. The van der Waals surface area contributed by atoms with E-state index in [2.05, 4.69) is 68.0 Å². The van der Waals surface area contributed by atoms with Gasteiger partial charge in [-0.2, -0.15) is 0 Å². The van der Waals surface area contributed by atoms with Gasteiger partial charge in [-0.1, -0.05) is 27.7 Å². The lowest BCUT2D eigenvalue weighted by molar-refractivity contribution is 0.408. The fourth-order valence-electron chi connectivity index (χ4n) is 2.25. The minimum absolute atomic E-state index is 0.485. The highest BCUT2D eigenvalue weighted by Gasteiger charge is 2.13. The van der Waals surface area contributed by atoms with E-state index >= 15 is 0 Å². The highest BCUT2D eigenvalue weighted by atomic mass is 15.2. The lowest BCUT2D eigenvalue weighted by Gasteiger charge is -2.30. The van der Waals surface area contributed by atoms with Crippen LogP contribution in [-0.2, 0) is 6.54 Å². The molecule has 0 saturated carbocycles. The predicted octanol–water partition coefficient (Wildman–Crippen LogP) is 2.60. The molecule has 0 spiro atoms. The second-order valence-corrected chi connectivity index (χ2v) is 6.68. The van der Waals surface area contributed by atoms with Crippen molar-refractivity contribution in [2.45, 2.75) is 40.3 Å². The average molecular weight is 292 g/mol. The Kier molecular flexibility index (Phi) is 7.68. The summed E-state index contributed by atoms with van der Waals surface area (Å²) in [5, 5.41) is 3.50. The Bertz CT molecular complexity index is 402. The quantitative estimate of drug-likeness (QED) is 0.758. The molecule has 1 aromatic rings. The molecule has 1 rings (SSSR count). The van der Waals surface area contributed by atoms with Crippen molar-refractivity contribution in [2.75, 3.05) is 38.6 Å². The van der Waals surface area contributed by atoms with E-state index < -0.39 is 0 Å². The fourth-order valence-corrected chi connectivity index (χ4v) is 2.25. The summed E-state index contributed by atoms with van der Waals surface area (Å²) < 4.78 is 0. The van der Waals surface area contributed by atoms with E-state index in [9.17, 15) is 0 Å². The first-order chi connectivity index (χ1) is 9.90. The normalized spacial score (nSPS) is 11.7. The maximum atomic E-state index is 4.30. The average Bonchev–Trinajstić information content (AvgIpc) is 2.41. The molecule has 0 fully saturated rings. The number of likely N-dealkylation sites (N-methyl/N-ethyl adjacent to an activating group) is 1. The molecule has 0 unspecified atom stereocenters. The number of pyridine rings is 1.